The van der Waals surface area contributed by atoms with Crippen molar-refractivity contribution in [2.24, 2.45) is 4.99 Å². The number of hydrogen-bond acceptors (Lipinski definition) is 2. The van der Waals surface area contributed by atoms with Crippen LogP contribution in [0, 0.1) is 0 Å². The molecule has 0 N–H and O–H groups in total. The van der Waals surface area contributed by atoms with Crippen molar-refractivity contribution in [2.75, 3.05) is 0 Å². The largest absolute Gasteiger partial charge is 0.437 e. The van der Waals surface area contributed by atoms with Gasteiger partial charge in [0.2, 0.25) is 0 Å². The molecule has 0 fully saturated rings. The van der Waals surface area contributed by atoms with Crippen LogP contribution < -0.4 is 4.99 Å². The monoisotopic (exact) mass is 114 g/mol. The van der Waals surface area contributed by atoms with Crippen LogP contribution in [0.2, 0.25) is 0 Å². The van der Waals surface area contributed by atoms with Gasteiger partial charge in [0.15, 0.2) is 0 Å². The van der Waals surface area contributed by atoms with Crippen molar-refractivity contribution in [3.8, 4) is 0 Å². The van der Waals surface area contributed by atoms with E-state index in [0.29, 0.717) is 5.29 Å². The van der Waals surface area contributed by atoms with Crippen LogP contribution in [0.1, 0.15) is 0 Å². The Kier molecular flexibility index (Phi) is 1.22. The number of aliphatic imine (C=N–C) groups is 2. The van der Waals surface area contributed by atoms with E-state index in [1.54, 1.807) is 18.5 Å². The van der Waals surface area contributed by atoms with Crippen molar-refractivity contribution in [2.45, 2.75) is 0 Å². The van der Waals surface area contributed by atoms with Crippen LogP contribution in [0.25, 0.3) is 0 Å². The van der Waals surface area contributed by atoms with Gasteiger partial charge in [-0.25, -0.2) is 0 Å². The maximum absolute atomic E-state index is 5.32. The van der Waals surface area contributed by atoms with Crippen LogP contribution >= 0.6 is 11.6 Å². The SMILES string of the molecule is ClC1=NC=CC=[N+]1. The highest BCUT2D eigenvalue weighted by Crippen LogP contribution is 1.84. The Morgan fingerprint density at radius 1 is 1.71 bits per heavy atom. The van der Waals surface area contributed by atoms with Crippen LogP contribution in [0.5, 0.6) is 0 Å². The van der Waals surface area contributed by atoms with Gasteiger partial charge in [-0.3, -0.25) is 0 Å². The molecule has 1 aliphatic heterocycles. The number of halogens is 1. The molecule has 0 saturated heterocycles. The van der Waals surface area contributed by atoms with Gasteiger partial charge in [-0.05, 0) is 9.98 Å². The van der Waals surface area contributed by atoms with E-state index in [1.165, 1.54) is 0 Å². The number of allylic oxidation sites excluding steroid dienone is 1. The lowest BCUT2D eigenvalue weighted by atomic mass is 10.6. The van der Waals surface area contributed by atoms with E-state index in [-0.39, 0.29) is 0 Å². The lowest BCUT2D eigenvalue weighted by Gasteiger charge is -1.70. The summed E-state index contributed by atoms with van der Waals surface area (Å²) in [5, 5.41) is 0.294. The zero-order chi connectivity index (χ0) is 5.11. The van der Waals surface area contributed by atoms with Crippen molar-refractivity contribution in [3.63, 3.8) is 0 Å². The van der Waals surface area contributed by atoms with Crippen LogP contribution in [0.3, 0.4) is 0 Å². The standard InChI is InChI=1S/C4H3ClN2/c5-4-6-2-1-3-7-4/h1-3H/q+1. The molecule has 1 radical (unpaired) electrons. The average molecular weight is 115 g/mol. The maximum atomic E-state index is 5.32. The zero-order valence-corrected chi connectivity index (χ0v) is 4.26. The summed E-state index contributed by atoms with van der Waals surface area (Å²) < 4.78 is 0. The fourth-order valence-electron chi connectivity index (χ4n) is 0.281. The second-order valence-electron chi connectivity index (χ2n) is 1.02. The van der Waals surface area contributed by atoms with Gasteiger partial charge in [0.25, 0.3) is 0 Å². The van der Waals surface area contributed by atoms with E-state index in [0.717, 1.165) is 0 Å². The van der Waals surface area contributed by atoms with Gasteiger partial charge in [-0.2, -0.15) is 0 Å². The summed E-state index contributed by atoms with van der Waals surface area (Å²) in [6.45, 7) is 0. The molecule has 2 nitrogen and oxygen atoms in total. The van der Waals surface area contributed by atoms with E-state index < -0.39 is 0 Å². The first-order valence-electron chi connectivity index (χ1n) is 1.82. The third-order valence-electron chi connectivity index (χ3n) is 0.534. The Labute approximate surface area is 46.2 Å². The Hall–Kier alpha value is -0.630. The number of hydrogen-bond donors (Lipinski definition) is 0. The molecule has 0 aromatic carbocycles. The van der Waals surface area contributed by atoms with E-state index >= 15 is 0 Å². The number of amidine groups is 1. The molecule has 0 bridgehead atoms. The third-order valence-corrected chi connectivity index (χ3v) is 0.729. The van der Waals surface area contributed by atoms with Crippen LogP contribution in [0.4, 0.5) is 0 Å². The van der Waals surface area contributed by atoms with Gasteiger partial charge >= 0.3 is 5.29 Å². The average Bonchev–Trinajstić information content (AvgIpc) is 1.69. The minimum Gasteiger partial charge on any atom is -0.0342 e. The third kappa shape index (κ3) is 1.12. The maximum Gasteiger partial charge on any atom is 0.437 e. The van der Waals surface area contributed by atoms with Crippen molar-refractivity contribution in [3.05, 3.63) is 12.3 Å². The van der Waals surface area contributed by atoms with E-state index in [1.807, 2.05) is 0 Å². The Morgan fingerprint density at radius 3 is 2.86 bits per heavy atom. The minimum absolute atomic E-state index is 0.294. The first kappa shape index (κ1) is 4.53. The summed E-state index contributed by atoms with van der Waals surface area (Å²) in [4.78, 5) is 7.27. The molecule has 0 aromatic heterocycles. The van der Waals surface area contributed by atoms with Crippen molar-refractivity contribution in [1.82, 2.24) is 4.99 Å². The summed E-state index contributed by atoms with van der Waals surface area (Å²) in [6, 6.07) is 0. The molecule has 0 amide bonds. The molecule has 0 atom stereocenters. The number of nitrogens with zero attached hydrogens (tertiary/aromatic N) is 2. The molecule has 1 heterocycles. The van der Waals surface area contributed by atoms with Gasteiger partial charge in [0.1, 0.15) is 12.4 Å². The van der Waals surface area contributed by atoms with Crippen molar-refractivity contribution >= 4 is 23.1 Å². The fraction of sp³-hybridized carbons (Fsp3) is 0. The van der Waals surface area contributed by atoms with Gasteiger partial charge in [0, 0.05) is 17.7 Å². The molecule has 35 valence electrons. The normalized spacial score (nSPS) is 17.0. The topological polar surface area (TPSA) is 26.5 Å². The summed E-state index contributed by atoms with van der Waals surface area (Å²) in [6.07, 6.45) is 4.90. The van der Waals surface area contributed by atoms with Crippen LogP contribution in [-0.4, -0.2) is 11.5 Å². The molecule has 0 spiro atoms. The van der Waals surface area contributed by atoms with Gasteiger partial charge in [-0.15, -0.1) is 0 Å². The fourth-order valence-corrected chi connectivity index (χ4v) is 0.394. The Morgan fingerprint density at radius 2 is 2.57 bits per heavy atom. The highest BCUT2D eigenvalue weighted by atomic mass is 35.5. The van der Waals surface area contributed by atoms with E-state index in [2.05, 4.69) is 9.98 Å². The molecule has 3 heteroatoms. The molecule has 1 rings (SSSR count). The smallest absolute Gasteiger partial charge is 0.0342 e. The van der Waals surface area contributed by atoms with Gasteiger partial charge in [-0.1, -0.05) is 0 Å². The van der Waals surface area contributed by atoms with E-state index in [9.17, 15) is 0 Å². The number of rotatable bonds is 0. The van der Waals surface area contributed by atoms with Crippen molar-refractivity contribution in [1.29, 1.82) is 0 Å². The molecular weight excluding hydrogens is 112 g/mol. The second kappa shape index (κ2) is 1.89. The van der Waals surface area contributed by atoms with Gasteiger partial charge in [0.05, 0.1) is 0 Å². The first-order valence-corrected chi connectivity index (χ1v) is 2.20. The Bertz CT molecular complexity index is 146. The molecule has 0 unspecified atom stereocenters. The molecule has 1 aliphatic rings. The quantitative estimate of drug-likeness (QED) is 0.411. The predicted octanol–water partition coefficient (Wildman–Crippen LogP) is 0.515. The van der Waals surface area contributed by atoms with Crippen LogP contribution in [-0.2, 0) is 0 Å². The summed E-state index contributed by atoms with van der Waals surface area (Å²) in [5.74, 6) is 0. The first-order chi connectivity index (χ1) is 3.39. The zero-order valence-electron chi connectivity index (χ0n) is 3.50. The molecular formula is C4H3ClN2+. The predicted molar refractivity (Wildman–Crippen MR) is 30.6 cm³/mol. The van der Waals surface area contributed by atoms with E-state index in [4.69, 9.17) is 11.6 Å². The van der Waals surface area contributed by atoms with Crippen LogP contribution in [0.15, 0.2) is 17.3 Å². The Balaban J connectivity index is 2.82. The second-order valence-corrected chi connectivity index (χ2v) is 1.36. The highest BCUT2D eigenvalue weighted by molar-refractivity contribution is 6.65. The summed E-state index contributed by atoms with van der Waals surface area (Å²) in [5.41, 5.74) is 0. The highest BCUT2D eigenvalue weighted by Gasteiger charge is 2.00. The summed E-state index contributed by atoms with van der Waals surface area (Å²) in [7, 11) is 0. The minimum atomic E-state index is 0.294. The molecule has 0 aromatic rings. The lowest BCUT2D eigenvalue weighted by molar-refractivity contribution is 1.44. The molecule has 0 aliphatic carbocycles. The lowest BCUT2D eigenvalue weighted by Crippen LogP contribution is -1.98. The molecule has 0 saturated carbocycles. The van der Waals surface area contributed by atoms with Gasteiger partial charge < -0.3 is 0 Å². The summed E-state index contributed by atoms with van der Waals surface area (Å²) >= 11 is 5.32. The van der Waals surface area contributed by atoms with Crippen molar-refractivity contribution < 1.29 is 0 Å². The molecule has 7 heavy (non-hydrogen) atoms.